The van der Waals surface area contributed by atoms with Crippen LogP contribution in [0.3, 0.4) is 0 Å². The number of aromatic carboxylic acids is 1. The van der Waals surface area contributed by atoms with Crippen LogP contribution in [0.4, 0.5) is 0 Å². The molecule has 6 nitrogen and oxygen atoms in total. The Labute approximate surface area is 86.5 Å². The number of carbonyl (C=O) groups excluding carboxylic acids is 1. The fourth-order valence-electron chi connectivity index (χ4n) is 0.984. The number of aromatic nitrogens is 2. The van der Waals surface area contributed by atoms with Crippen LogP contribution in [0, 0.1) is 0 Å². The second kappa shape index (κ2) is 5.04. The highest BCUT2D eigenvalue weighted by Crippen LogP contribution is 1.91. The van der Waals surface area contributed by atoms with E-state index in [2.05, 4.69) is 10.4 Å². The van der Waals surface area contributed by atoms with Crippen LogP contribution in [0.25, 0.3) is 0 Å². The van der Waals surface area contributed by atoms with Gasteiger partial charge in [0, 0.05) is 13.1 Å². The Bertz CT molecular complexity index is 361. The summed E-state index contributed by atoms with van der Waals surface area (Å²) in [4.78, 5) is 21.4. The molecule has 0 unspecified atom stereocenters. The molecule has 0 aliphatic rings. The van der Waals surface area contributed by atoms with Crippen LogP contribution in [0.15, 0.2) is 18.5 Å². The second-order valence-corrected chi connectivity index (χ2v) is 2.91. The van der Waals surface area contributed by atoms with Crippen LogP contribution in [0.1, 0.15) is 16.8 Å². The highest BCUT2D eigenvalue weighted by atomic mass is 16.4. The quantitative estimate of drug-likeness (QED) is 0.637. The Morgan fingerprint density at radius 3 is 2.80 bits per heavy atom. The number of nitrogens with zero attached hydrogens (tertiary/aromatic N) is 2. The number of nitrogens with one attached hydrogen (secondary N) is 1. The second-order valence-electron chi connectivity index (χ2n) is 2.91. The molecule has 1 amide bonds. The first-order valence-electron chi connectivity index (χ1n) is 4.43. The highest BCUT2D eigenvalue weighted by molar-refractivity contribution is 5.86. The predicted molar refractivity (Wildman–Crippen MR) is 50.1 cm³/mol. The van der Waals surface area contributed by atoms with Crippen molar-refractivity contribution < 1.29 is 19.4 Å². The first-order valence-corrected chi connectivity index (χ1v) is 4.43. The van der Waals surface area contributed by atoms with E-state index in [4.69, 9.17) is 5.11 Å². The van der Waals surface area contributed by atoms with Gasteiger partial charge in [-0.05, 0) is 5.10 Å². The minimum Gasteiger partial charge on any atom is -0.478 e. The lowest BCUT2D eigenvalue weighted by atomic mass is 10.3. The van der Waals surface area contributed by atoms with Crippen LogP contribution in [-0.4, -0.2) is 29.1 Å². The smallest absolute Gasteiger partial charge is 0.337 e. The van der Waals surface area contributed by atoms with Crippen molar-refractivity contribution in [3.63, 3.8) is 0 Å². The van der Waals surface area contributed by atoms with Gasteiger partial charge in [-0.1, -0.05) is 4.68 Å². The lowest BCUT2D eigenvalue weighted by molar-refractivity contribution is -0.752. The van der Waals surface area contributed by atoms with Gasteiger partial charge in [-0.2, -0.15) is 0 Å². The fraction of sp³-hybridized carbons (Fsp3) is 0.333. The molecule has 0 spiro atoms. The summed E-state index contributed by atoms with van der Waals surface area (Å²) in [5, 5.41) is 15.0. The number of hydrogen-bond donors (Lipinski definition) is 2. The third kappa shape index (κ3) is 3.34. The molecule has 0 radical (unpaired) electrons. The first kappa shape index (κ1) is 11.1. The monoisotopic (exact) mass is 210 g/mol. The number of aryl methyl sites for hydroxylation is 1. The summed E-state index contributed by atoms with van der Waals surface area (Å²) < 4.78 is 1.52. The van der Waals surface area contributed by atoms with Crippen molar-refractivity contribution in [1.82, 2.24) is 10.4 Å². The van der Waals surface area contributed by atoms with E-state index < -0.39 is 5.97 Å². The van der Waals surface area contributed by atoms with E-state index in [1.807, 2.05) is 0 Å². The topological polar surface area (TPSA) is 83.2 Å². The summed E-state index contributed by atoms with van der Waals surface area (Å²) in [6.45, 7) is 0.430. The molecule has 6 heteroatoms. The van der Waals surface area contributed by atoms with Crippen LogP contribution in [0.2, 0.25) is 0 Å². The van der Waals surface area contributed by atoms with Gasteiger partial charge in [-0.15, -0.1) is 0 Å². The van der Waals surface area contributed by atoms with Crippen LogP contribution >= 0.6 is 0 Å². The summed E-state index contributed by atoms with van der Waals surface area (Å²) in [7, 11) is 1.56. The summed E-state index contributed by atoms with van der Waals surface area (Å²) >= 11 is 0. The third-order valence-electron chi connectivity index (χ3n) is 1.87. The van der Waals surface area contributed by atoms with E-state index in [1.165, 1.54) is 23.1 Å². The minimum atomic E-state index is -1.01. The molecular weight excluding hydrogens is 198 g/mol. The standard InChI is InChI=1S/C9H11N3O3/c1-10-8(13)3-5-12-4-2-7(6-11-12)9(14)15/h2,4,6H,3,5H2,1H3,(H-,10,13,14,15)/p+1. The summed E-state index contributed by atoms with van der Waals surface area (Å²) in [5.74, 6) is -1.09. The average molecular weight is 210 g/mol. The zero-order valence-electron chi connectivity index (χ0n) is 8.30. The number of carbonyl (C=O) groups is 2. The summed E-state index contributed by atoms with van der Waals surface area (Å²) in [6.07, 6.45) is 3.11. The van der Waals surface area contributed by atoms with Gasteiger partial charge in [0.25, 0.3) is 0 Å². The summed E-state index contributed by atoms with van der Waals surface area (Å²) in [5.41, 5.74) is 0.131. The molecule has 1 rings (SSSR count). The number of carboxylic acids is 1. The van der Waals surface area contributed by atoms with Gasteiger partial charge < -0.3 is 10.4 Å². The van der Waals surface area contributed by atoms with Gasteiger partial charge >= 0.3 is 5.97 Å². The van der Waals surface area contributed by atoms with Gasteiger partial charge in [0.1, 0.15) is 6.20 Å². The Morgan fingerprint density at radius 2 is 2.33 bits per heavy atom. The van der Waals surface area contributed by atoms with Crippen LogP contribution in [-0.2, 0) is 11.3 Å². The summed E-state index contributed by atoms with van der Waals surface area (Å²) in [6, 6.07) is 1.44. The van der Waals surface area contributed by atoms with Crippen molar-refractivity contribution in [3.8, 4) is 0 Å². The predicted octanol–water partition coefficient (Wildman–Crippen LogP) is -0.797. The molecule has 0 bridgehead atoms. The maximum Gasteiger partial charge on any atom is 0.337 e. The molecule has 1 heterocycles. The van der Waals surface area contributed by atoms with E-state index in [0.717, 1.165) is 0 Å². The Morgan fingerprint density at radius 1 is 1.60 bits per heavy atom. The highest BCUT2D eigenvalue weighted by Gasteiger charge is 2.09. The zero-order chi connectivity index (χ0) is 11.3. The van der Waals surface area contributed by atoms with Crippen molar-refractivity contribution in [2.24, 2.45) is 0 Å². The van der Waals surface area contributed by atoms with E-state index >= 15 is 0 Å². The van der Waals surface area contributed by atoms with Crippen molar-refractivity contribution in [3.05, 3.63) is 24.0 Å². The largest absolute Gasteiger partial charge is 0.478 e. The average Bonchev–Trinajstić information content (AvgIpc) is 2.26. The van der Waals surface area contributed by atoms with Gasteiger partial charge in [0.2, 0.25) is 5.91 Å². The van der Waals surface area contributed by atoms with E-state index in [1.54, 1.807) is 7.05 Å². The maximum absolute atomic E-state index is 10.9. The number of rotatable bonds is 4. The SMILES string of the molecule is CNC(=O)CC[n+]1ccc(C(=O)O)cn1. The first-order chi connectivity index (χ1) is 7.13. The van der Waals surface area contributed by atoms with Crippen molar-refractivity contribution >= 4 is 11.9 Å². The lowest BCUT2D eigenvalue weighted by Crippen LogP contribution is -2.39. The van der Waals surface area contributed by atoms with Crippen molar-refractivity contribution in [2.75, 3.05) is 7.05 Å². The van der Waals surface area contributed by atoms with Crippen molar-refractivity contribution in [1.29, 1.82) is 0 Å². The van der Waals surface area contributed by atoms with Gasteiger partial charge in [0.15, 0.2) is 12.7 Å². The number of hydrogen-bond acceptors (Lipinski definition) is 3. The molecule has 15 heavy (non-hydrogen) atoms. The van der Waals surface area contributed by atoms with Gasteiger partial charge in [0.05, 0.1) is 12.0 Å². The van der Waals surface area contributed by atoms with E-state index in [0.29, 0.717) is 13.0 Å². The molecule has 1 aromatic heterocycles. The molecule has 80 valence electrons. The molecule has 0 atom stereocenters. The molecule has 0 aliphatic carbocycles. The minimum absolute atomic E-state index is 0.0772. The van der Waals surface area contributed by atoms with E-state index in [9.17, 15) is 9.59 Å². The third-order valence-corrected chi connectivity index (χ3v) is 1.87. The molecule has 0 saturated heterocycles. The Kier molecular flexibility index (Phi) is 3.73. The fourth-order valence-corrected chi connectivity index (χ4v) is 0.984. The molecule has 0 aliphatic heterocycles. The Balaban J connectivity index is 2.57. The number of carboxylic acid groups (broad SMARTS) is 1. The molecule has 1 aromatic rings. The normalized spacial score (nSPS) is 9.67. The molecule has 0 saturated carbocycles. The molecule has 2 N–H and O–H groups in total. The van der Waals surface area contributed by atoms with Crippen LogP contribution < -0.4 is 10.00 Å². The van der Waals surface area contributed by atoms with E-state index in [-0.39, 0.29) is 11.5 Å². The lowest BCUT2D eigenvalue weighted by Gasteiger charge is -1.95. The molecule has 0 fully saturated rings. The van der Waals surface area contributed by atoms with Crippen molar-refractivity contribution in [2.45, 2.75) is 13.0 Å². The maximum atomic E-state index is 10.9. The zero-order valence-corrected chi connectivity index (χ0v) is 8.30. The molecular formula is C9H12N3O3+. The Hall–Kier alpha value is -1.98. The van der Waals surface area contributed by atoms with Gasteiger partial charge in [-0.25, -0.2) is 4.79 Å². The number of amides is 1. The van der Waals surface area contributed by atoms with Crippen LogP contribution in [0.5, 0.6) is 0 Å². The molecule has 0 aromatic carbocycles. The van der Waals surface area contributed by atoms with Gasteiger partial charge in [-0.3, -0.25) is 4.79 Å².